The zero-order valence-corrected chi connectivity index (χ0v) is 14.2. The highest BCUT2D eigenvalue weighted by Crippen LogP contribution is 2.16. The number of furan rings is 1. The summed E-state index contributed by atoms with van der Waals surface area (Å²) < 4.78 is 14.9. The Morgan fingerprint density at radius 2 is 1.88 bits per heavy atom. The van der Waals surface area contributed by atoms with Gasteiger partial charge in [0, 0.05) is 5.69 Å². The highest BCUT2D eigenvalue weighted by atomic mass is 16.5. The number of imide groups is 1. The maximum Gasteiger partial charge on any atom is 0.342 e. The number of rotatable bonds is 6. The van der Waals surface area contributed by atoms with Gasteiger partial charge in [-0.3, -0.25) is 10.1 Å². The van der Waals surface area contributed by atoms with Gasteiger partial charge < -0.3 is 24.3 Å². The fraction of sp³-hybridized carbons (Fsp3) is 0.235. The third kappa shape index (κ3) is 5.08. The first-order chi connectivity index (χ1) is 12.4. The maximum absolute atomic E-state index is 11.9. The molecule has 0 saturated heterocycles. The number of benzene rings is 1. The summed E-state index contributed by atoms with van der Waals surface area (Å²) in [6, 6.07) is 7.05. The van der Waals surface area contributed by atoms with Crippen LogP contribution in [0.4, 0.5) is 10.5 Å². The molecule has 0 spiro atoms. The number of aliphatic hydroxyl groups is 1. The van der Waals surface area contributed by atoms with Crippen LogP contribution in [0.2, 0.25) is 0 Å². The molecule has 0 fully saturated rings. The van der Waals surface area contributed by atoms with Gasteiger partial charge in [-0.1, -0.05) is 0 Å². The van der Waals surface area contributed by atoms with Gasteiger partial charge in [-0.2, -0.15) is 0 Å². The van der Waals surface area contributed by atoms with Gasteiger partial charge in [-0.05, 0) is 37.3 Å². The molecule has 3 amide bonds. The van der Waals surface area contributed by atoms with Gasteiger partial charge >= 0.3 is 12.0 Å². The van der Waals surface area contributed by atoms with Gasteiger partial charge in [0.25, 0.3) is 5.91 Å². The van der Waals surface area contributed by atoms with Gasteiger partial charge in [-0.25, -0.2) is 9.59 Å². The minimum atomic E-state index is -0.798. The highest BCUT2D eigenvalue weighted by Gasteiger charge is 2.18. The lowest BCUT2D eigenvalue weighted by molar-refractivity contribution is -0.123. The van der Waals surface area contributed by atoms with Crippen molar-refractivity contribution in [3.63, 3.8) is 0 Å². The topological polar surface area (TPSA) is 127 Å². The molecule has 1 heterocycles. The Kier molecular flexibility index (Phi) is 6.34. The smallest absolute Gasteiger partial charge is 0.342 e. The molecule has 9 nitrogen and oxygen atoms in total. The van der Waals surface area contributed by atoms with Crippen LogP contribution in [0.15, 0.2) is 34.7 Å². The lowest BCUT2D eigenvalue weighted by Gasteiger charge is -2.08. The first-order valence-electron chi connectivity index (χ1n) is 7.55. The molecule has 0 aliphatic carbocycles. The summed E-state index contributed by atoms with van der Waals surface area (Å²) in [7, 11) is 1.52. The van der Waals surface area contributed by atoms with Gasteiger partial charge in [0.05, 0.1) is 7.11 Å². The van der Waals surface area contributed by atoms with E-state index < -0.39 is 24.5 Å². The molecule has 0 bridgehead atoms. The summed E-state index contributed by atoms with van der Waals surface area (Å²) in [5, 5.41) is 13.5. The summed E-state index contributed by atoms with van der Waals surface area (Å²) in [4.78, 5) is 35.3. The number of anilines is 1. The Morgan fingerprint density at radius 3 is 2.46 bits per heavy atom. The van der Waals surface area contributed by atoms with Crippen LogP contribution in [0.5, 0.6) is 5.75 Å². The molecule has 0 atom stereocenters. The van der Waals surface area contributed by atoms with Crippen LogP contribution in [0.25, 0.3) is 0 Å². The Bertz CT molecular complexity index is 796. The summed E-state index contributed by atoms with van der Waals surface area (Å²) in [5.74, 6) is -0.503. The molecular weight excluding hydrogens is 344 g/mol. The number of carbonyl (C=O) groups excluding carboxylic acids is 3. The van der Waals surface area contributed by atoms with Crippen LogP contribution in [-0.4, -0.2) is 36.7 Å². The quantitative estimate of drug-likeness (QED) is 0.666. The molecule has 0 aliphatic rings. The third-order valence-corrected chi connectivity index (χ3v) is 3.28. The van der Waals surface area contributed by atoms with E-state index in [0.717, 1.165) is 0 Å². The van der Waals surface area contributed by atoms with Gasteiger partial charge in [0.2, 0.25) is 0 Å². The number of nitrogens with one attached hydrogen (secondary N) is 2. The van der Waals surface area contributed by atoms with Crippen molar-refractivity contribution in [1.29, 1.82) is 0 Å². The number of ether oxygens (including phenoxy) is 2. The van der Waals surface area contributed by atoms with E-state index in [1.807, 2.05) is 5.32 Å². The van der Waals surface area contributed by atoms with Crippen molar-refractivity contribution in [3.8, 4) is 5.75 Å². The Balaban J connectivity index is 1.80. The molecule has 138 valence electrons. The number of methoxy groups -OCH3 is 1. The van der Waals surface area contributed by atoms with Crippen LogP contribution in [0, 0.1) is 6.92 Å². The Hall–Kier alpha value is -3.33. The molecule has 2 rings (SSSR count). The van der Waals surface area contributed by atoms with Crippen LogP contribution in [0.1, 0.15) is 21.9 Å². The number of amides is 3. The van der Waals surface area contributed by atoms with Crippen molar-refractivity contribution in [2.45, 2.75) is 13.5 Å². The second-order valence-corrected chi connectivity index (χ2v) is 5.15. The van der Waals surface area contributed by atoms with Crippen molar-refractivity contribution in [1.82, 2.24) is 5.32 Å². The minimum absolute atomic E-state index is 0.101. The Labute approximate surface area is 148 Å². The molecule has 26 heavy (non-hydrogen) atoms. The lowest BCUT2D eigenvalue weighted by atomic mass is 10.2. The number of aliphatic hydroxyl groups excluding tert-OH is 1. The summed E-state index contributed by atoms with van der Waals surface area (Å²) in [5.41, 5.74) is 0.559. The van der Waals surface area contributed by atoms with E-state index in [9.17, 15) is 14.4 Å². The zero-order valence-electron chi connectivity index (χ0n) is 14.2. The monoisotopic (exact) mass is 362 g/mol. The van der Waals surface area contributed by atoms with Crippen LogP contribution < -0.4 is 15.4 Å². The van der Waals surface area contributed by atoms with E-state index in [-0.39, 0.29) is 23.7 Å². The second-order valence-electron chi connectivity index (χ2n) is 5.15. The SMILES string of the molecule is COc1ccc(NC(=O)NC(=O)COC(=O)c2cc(CO)oc2C)cc1. The van der Waals surface area contributed by atoms with Crippen molar-refractivity contribution in [2.75, 3.05) is 19.0 Å². The number of hydrogen-bond donors (Lipinski definition) is 3. The first kappa shape index (κ1) is 19.0. The fourth-order valence-electron chi connectivity index (χ4n) is 2.03. The predicted octanol–water partition coefficient (Wildman–Crippen LogP) is 1.59. The molecule has 9 heteroatoms. The van der Waals surface area contributed by atoms with Crippen molar-refractivity contribution >= 4 is 23.6 Å². The van der Waals surface area contributed by atoms with E-state index >= 15 is 0 Å². The fourth-order valence-corrected chi connectivity index (χ4v) is 2.03. The molecule has 1 aromatic heterocycles. The second kappa shape index (κ2) is 8.67. The van der Waals surface area contributed by atoms with Gasteiger partial charge in [-0.15, -0.1) is 0 Å². The zero-order chi connectivity index (χ0) is 19.1. The molecule has 2 aromatic rings. The van der Waals surface area contributed by atoms with E-state index in [1.54, 1.807) is 24.3 Å². The number of hydrogen-bond acceptors (Lipinski definition) is 7. The number of aryl methyl sites for hydroxylation is 1. The first-order valence-corrected chi connectivity index (χ1v) is 7.55. The van der Waals surface area contributed by atoms with Gasteiger partial charge in [0.15, 0.2) is 6.61 Å². The molecular formula is C17H18N2O7. The molecule has 0 radical (unpaired) electrons. The third-order valence-electron chi connectivity index (χ3n) is 3.28. The summed E-state index contributed by atoms with van der Waals surface area (Å²) in [6.07, 6.45) is 0. The largest absolute Gasteiger partial charge is 0.497 e. The maximum atomic E-state index is 11.9. The standard InChI is InChI=1S/C17H18N2O7/c1-10-14(7-13(8-20)26-10)16(22)25-9-15(21)19-17(23)18-11-3-5-12(24-2)6-4-11/h3-7,20H,8-9H2,1-2H3,(H2,18,19,21,23). The van der Waals surface area contributed by atoms with Crippen LogP contribution in [0.3, 0.4) is 0 Å². The lowest BCUT2D eigenvalue weighted by Crippen LogP contribution is -2.37. The molecule has 1 aromatic carbocycles. The van der Waals surface area contributed by atoms with Gasteiger partial charge in [0.1, 0.15) is 29.4 Å². The van der Waals surface area contributed by atoms with Crippen LogP contribution in [-0.2, 0) is 16.1 Å². The number of carbonyl (C=O) groups is 3. The summed E-state index contributed by atoms with van der Waals surface area (Å²) >= 11 is 0. The molecule has 0 aliphatic heterocycles. The molecule has 0 unspecified atom stereocenters. The van der Waals surface area contributed by atoms with Crippen molar-refractivity contribution < 1.29 is 33.4 Å². The minimum Gasteiger partial charge on any atom is -0.497 e. The average Bonchev–Trinajstić information content (AvgIpc) is 3.01. The van der Waals surface area contributed by atoms with Crippen LogP contribution >= 0.6 is 0 Å². The number of esters is 1. The van der Waals surface area contributed by atoms with E-state index in [4.69, 9.17) is 19.0 Å². The average molecular weight is 362 g/mol. The van der Waals surface area contributed by atoms with E-state index in [1.165, 1.54) is 20.1 Å². The van der Waals surface area contributed by atoms with Crippen molar-refractivity contribution in [3.05, 3.63) is 47.4 Å². The molecule has 3 N–H and O–H groups in total. The summed E-state index contributed by atoms with van der Waals surface area (Å²) in [6.45, 7) is 0.520. The van der Waals surface area contributed by atoms with Crippen molar-refractivity contribution in [2.24, 2.45) is 0 Å². The van der Waals surface area contributed by atoms with E-state index in [0.29, 0.717) is 11.4 Å². The predicted molar refractivity (Wildman–Crippen MR) is 89.8 cm³/mol. The Morgan fingerprint density at radius 1 is 1.19 bits per heavy atom. The highest BCUT2D eigenvalue weighted by molar-refractivity contribution is 6.02. The normalized spacial score (nSPS) is 10.1. The number of urea groups is 1. The van der Waals surface area contributed by atoms with E-state index in [2.05, 4.69) is 5.32 Å². The molecule has 0 saturated carbocycles.